The maximum Gasteiger partial charge on any atom is 0.469 e. The van der Waals surface area contributed by atoms with Gasteiger partial charge >= 0.3 is 13.8 Å². The van der Waals surface area contributed by atoms with E-state index in [4.69, 9.17) is 19.3 Å². The molecule has 0 aromatic heterocycles. The van der Waals surface area contributed by atoms with E-state index in [0.717, 1.165) is 32.1 Å². The molecule has 0 saturated carbocycles. The highest BCUT2D eigenvalue weighted by Crippen LogP contribution is 2.36. The number of carbonyl (C=O) groups is 1. The first-order chi connectivity index (χ1) is 27.4. The molecule has 336 valence electrons. The number of unbranched alkanes of at least 4 members (excludes halogenated alkanes) is 38. The molecule has 1 atom stereocenters. The van der Waals surface area contributed by atoms with Crippen molar-refractivity contribution in [2.24, 2.45) is 0 Å². The van der Waals surface area contributed by atoms with Crippen LogP contribution in [0.1, 0.15) is 277 Å². The number of esters is 1. The Labute approximate surface area is 349 Å². The number of hydrogen-bond acceptors (Lipinski definition) is 5. The van der Waals surface area contributed by atoms with Crippen LogP contribution in [0.4, 0.5) is 0 Å². The second-order valence-corrected chi connectivity index (χ2v) is 18.4. The third-order valence-electron chi connectivity index (χ3n) is 11.4. The Balaban J connectivity index is 3.62. The monoisotopic (exact) mass is 817 g/mol. The summed E-state index contributed by atoms with van der Waals surface area (Å²) in [5, 5.41) is 0. The number of carbonyl (C=O) groups excluding carboxylic acids is 1. The number of hydrogen-bond donors (Lipinski definition) is 2. The predicted molar refractivity (Wildman–Crippen MR) is 239 cm³/mol. The number of rotatable bonds is 48. The molecule has 7 nitrogen and oxygen atoms in total. The second kappa shape index (κ2) is 45.6. The van der Waals surface area contributed by atoms with Crippen molar-refractivity contribution in [2.45, 2.75) is 283 Å². The summed E-state index contributed by atoms with van der Waals surface area (Å²) in [4.78, 5) is 30.7. The predicted octanol–water partition coefficient (Wildman–Crippen LogP) is 16.1. The lowest BCUT2D eigenvalue weighted by molar-refractivity contribution is -0.154. The topological polar surface area (TPSA) is 102 Å². The van der Waals surface area contributed by atoms with Gasteiger partial charge in [-0.25, -0.2) is 4.57 Å². The Morgan fingerprint density at radius 1 is 0.411 bits per heavy atom. The third-order valence-corrected chi connectivity index (χ3v) is 11.9. The summed E-state index contributed by atoms with van der Waals surface area (Å²) in [6, 6.07) is 0. The van der Waals surface area contributed by atoms with Crippen LogP contribution < -0.4 is 0 Å². The van der Waals surface area contributed by atoms with E-state index in [1.54, 1.807) is 0 Å². The highest BCUT2D eigenvalue weighted by molar-refractivity contribution is 7.46. The molecule has 0 heterocycles. The Hall–Kier alpha value is -0.460. The average Bonchev–Trinajstić information content (AvgIpc) is 3.17. The molecule has 8 heteroatoms. The van der Waals surface area contributed by atoms with Crippen LogP contribution in [0.3, 0.4) is 0 Å². The van der Waals surface area contributed by atoms with E-state index in [-0.39, 0.29) is 19.2 Å². The minimum atomic E-state index is -4.65. The Morgan fingerprint density at radius 2 is 0.679 bits per heavy atom. The molecule has 0 saturated heterocycles. The van der Waals surface area contributed by atoms with Gasteiger partial charge in [0.1, 0.15) is 6.10 Å². The first kappa shape index (κ1) is 55.5. The zero-order chi connectivity index (χ0) is 40.9. The van der Waals surface area contributed by atoms with Crippen molar-refractivity contribution in [3.8, 4) is 0 Å². The molecule has 0 rings (SSSR count). The molecular formula is C48H97O7P. The molecular weight excluding hydrogens is 719 g/mol. The molecule has 0 fully saturated rings. The van der Waals surface area contributed by atoms with Crippen molar-refractivity contribution in [3.05, 3.63) is 0 Å². The van der Waals surface area contributed by atoms with Gasteiger partial charge in [0.2, 0.25) is 0 Å². The fourth-order valence-electron chi connectivity index (χ4n) is 7.74. The van der Waals surface area contributed by atoms with Gasteiger partial charge in [-0.15, -0.1) is 0 Å². The van der Waals surface area contributed by atoms with Crippen LogP contribution in [0.15, 0.2) is 0 Å². The summed E-state index contributed by atoms with van der Waals surface area (Å²) in [6.07, 6.45) is 52.7. The van der Waals surface area contributed by atoms with E-state index in [1.807, 2.05) is 0 Å². The Bertz CT molecular complexity index is 819. The van der Waals surface area contributed by atoms with Gasteiger partial charge < -0.3 is 19.3 Å². The van der Waals surface area contributed by atoms with Gasteiger partial charge in [0.05, 0.1) is 13.2 Å². The first-order valence-electron chi connectivity index (χ1n) is 24.9. The average molecular weight is 817 g/mol. The largest absolute Gasteiger partial charge is 0.469 e. The van der Waals surface area contributed by atoms with Crippen molar-refractivity contribution in [1.82, 2.24) is 0 Å². The molecule has 56 heavy (non-hydrogen) atoms. The van der Waals surface area contributed by atoms with Gasteiger partial charge in [0, 0.05) is 13.0 Å². The summed E-state index contributed by atoms with van der Waals surface area (Å²) < 4.78 is 27.1. The number of phosphoric acid groups is 1. The zero-order valence-electron chi connectivity index (χ0n) is 37.6. The fraction of sp³-hybridized carbons (Fsp3) is 0.979. The minimum Gasteiger partial charge on any atom is -0.457 e. The van der Waals surface area contributed by atoms with E-state index in [1.165, 1.54) is 225 Å². The molecule has 0 aliphatic rings. The van der Waals surface area contributed by atoms with Gasteiger partial charge in [0.15, 0.2) is 0 Å². The van der Waals surface area contributed by atoms with E-state index in [9.17, 15) is 9.36 Å². The van der Waals surface area contributed by atoms with E-state index in [0.29, 0.717) is 13.0 Å². The SMILES string of the molecule is CCCCCCCCCCCCCCCCCCCCCCCCCCCCC(=O)O[C@H](COCCCCCCCCCCCCCCCC)COP(=O)(O)O. The Morgan fingerprint density at radius 3 is 0.964 bits per heavy atom. The fourth-order valence-corrected chi connectivity index (χ4v) is 8.10. The van der Waals surface area contributed by atoms with Crippen molar-refractivity contribution in [1.29, 1.82) is 0 Å². The molecule has 0 radical (unpaired) electrons. The normalized spacial score (nSPS) is 12.4. The lowest BCUT2D eigenvalue weighted by Gasteiger charge is -2.18. The van der Waals surface area contributed by atoms with E-state index >= 15 is 0 Å². The van der Waals surface area contributed by atoms with Gasteiger partial charge in [0.25, 0.3) is 0 Å². The second-order valence-electron chi connectivity index (χ2n) is 17.2. The molecule has 0 spiro atoms. The molecule has 2 N–H and O–H groups in total. The van der Waals surface area contributed by atoms with Gasteiger partial charge in [-0.3, -0.25) is 9.32 Å². The summed E-state index contributed by atoms with van der Waals surface area (Å²) in [7, 11) is -4.65. The third kappa shape index (κ3) is 47.9. The molecule has 0 unspecified atom stereocenters. The lowest BCUT2D eigenvalue weighted by Crippen LogP contribution is -2.28. The maximum absolute atomic E-state index is 12.5. The van der Waals surface area contributed by atoms with Crippen LogP contribution in [-0.2, 0) is 23.4 Å². The van der Waals surface area contributed by atoms with Crippen molar-refractivity contribution in [2.75, 3.05) is 19.8 Å². The van der Waals surface area contributed by atoms with Crippen LogP contribution in [0.5, 0.6) is 0 Å². The highest BCUT2D eigenvalue weighted by Gasteiger charge is 2.21. The van der Waals surface area contributed by atoms with Crippen molar-refractivity contribution >= 4 is 13.8 Å². The summed E-state index contributed by atoms with van der Waals surface area (Å²) in [6.45, 7) is 4.82. The maximum atomic E-state index is 12.5. The summed E-state index contributed by atoms with van der Waals surface area (Å²) in [5.41, 5.74) is 0. The molecule has 0 aliphatic heterocycles. The first-order valence-corrected chi connectivity index (χ1v) is 26.4. The standard InChI is InChI=1S/C48H97O7P/c1-3-5-7-9-11-13-15-17-19-20-21-22-23-24-25-26-27-28-29-30-31-33-35-37-39-41-43-48(49)55-47(46-54-56(50,51)52)45-53-44-42-40-38-36-34-32-18-16-14-12-10-8-6-4-2/h47H,3-46H2,1-2H3,(H2,50,51,52)/t47-/m1/s1. The molecule has 0 aliphatic carbocycles. The minimum absolute atomic E-state index is 0.0870. The molecule has 0 aromatic rings. The van der Waals surface area contributed by atoms with Crippen molar-refractivity contribution in [3.63, 3.8) is 0 Å². The van der Waals surface area contributed by atoms with Crippen LogP contribution in [0.25, 0.3) is 0 Å². The molecule has 0 amide bonds. The van der Waals surface area contributed by atoms with E-state index < -0.39 is 13.9 Å². The number of phosphoric ester groups is 1. The van der Waals surface area contributed by atoms with Gasteiger partial charge in [-0.05, 0) is 12.8 Å². The summed E-state index contributed by atoms with van der Waals surface area (Å²) >= 11 is 0. The zero-order valence-corrected chi connectivity index (χ0v) is 38.5. The van der Waals surface area contributed by atoms with Crippen LogP contribution in [-0.4, -0.2) is 41.7 Å². The van der Waals surface area contributed by atoms with Crippen LogP contribution >= 0.6 is 7.82 Å². The van der Waals surface area contributed by atoms with Crippen LogP contribution in [0, 0.1) is 0 Å². The van der Waals surface area contributed by atoms with Gasteiger partial charge in [-0.1, -0.05) is 258 Å². The summed E-state index contributed by atoms with van der Waals surface area (Å²) in [5.74, 6) is -0.353. The lowest BCUT2D eigenvalue weighted by atomic mass is 10.0. The number of ether oxygens (including phenoxy) is 2. The Kier molecular flexibility index (Phi) is 45.2. The van der Waals surface area contributed by atoms with Gasteiger partial charge in [-0.2, -0.15) is 0 Å². The van der Waals surface area contributed by atoms with Crippen molar-refractivity contribution < 1.29 is 33.1 Å². The molecule has 0 bridgehead atoms. The van der Waals surface area contributed by atoms with E-state index in [2.05, 4.69) is 18.4 Å². The molecule has 0 aromatic carbocycles. The highest BCUT2D eigenvalue weighted by atomic mass is 31.2. The quantitative estimate of drug-likeness (QED) is 0.0358. The van der Waals surface area contributed by atoms with Crippen LogP contribution in [0.2, 0.25) is 0 Å². The smallest absolute Gasteiger partial charge is 0.457 e.